The molecule has 3 atom stereocenters. The van der Waals surface area contributed by atoms with Crippen molar-refractivity contribution in [1.82, 2.24) is 14.9 Å². The Labute approximate surface area is 153 Å². The molecule has 1 fully saturated rings. The molecule has 7 rings (SSSR count). The van der Waals surface area contributed by atoms with Crippen molar-refractivity contribution in [1.29, 1.82) is 0 Å². The van der Waals surface area contributed by atoms with Crippen LogP contribution in [0.3, 0.4) is 0 Å². The van der Waals surface area contributed by atoms with Crippen molar-refractivity contribution in [2.75, 3.05) is 5.32 Å². The topological polar surface area (TPSA) is 93.1 Å². The summed E-state index contributed by atoms with van der Waals surface area (Å²) in [6.07, 6.45) is 0.249. The van der Waals surface area contributed by atoms with E-state index in [0.29, 0.717) is 16.7 Å². The maximum absolute atomic E-state index is 13.1. The molecule has 0 unspecified atom stereocenters. The number of carbonyl (C=O) groups is 2. The first-order valence-electron chi connectivity index (χ1n) is 8.84. The number of nitrogens with zero attached hydrogens (tertiary/aromatic N) is 2. The fraction of sp³-hybridized carbons (Fsp3) is 0.200. The van der Waals surface area contributed by atoms with E-state index in [1.807, 2.05) is 30.3 Å². The Morgan fingerprint density at radius 1 is 1.04 bits per heavy atom. The van der Waals surface area contributed by atoms with Crippen molar-refractivity contribution >= 4 is 28.4 Å². The summed E-state index contributed by atoms with van der Waals surface area (Å²) in [5, 5.41) is 6.36. The summed E-state index contributed by atoms with van der Waals surface area (Å²) in [6, 6.07) is 13.1. The lowest BCUT2D eigenvalue weighted by Gasteiger charge is -2.48. The average Bonchev–Trinajstić information content (AvgIpc) is 2.95. The van der Waals surface area contributed by atoms with E-state index in [2.05, 4.69) is 15.6 Å². The Balaban J connectivity index is 1.69. The number of carbonyl (C=O) groups excluding carboxylic acids is 2. The summed E-state index contributed by atoms with van der Waals surface area (Å²) in [6.45, 7) is 0. The molecule has 2 amide bonds. The summed E-state index contributed by atoms with van der Waals surface area (Å²) in [5.41, 5.74) is 0.980. The Hall–Kier alpha value is -3.48. The highest BCUT2D eigenvalue weighted by Gasteiger charge is 2.62. The van der Waals surface area contributed by atoms with E-state index in [9.17, 15) is 14.4 Å². The van der Waals surface area contributed by atoms with Crippen LogP contribution >= 0.6 is 0 Å². The zero-order chi connectivity index (χ0) is 18.3. The van der Waals surface area contributed by atoms with Gasteiger partial charge < -0.3 is 10.6 Å². The fourth-order valence-electron chi connectivity index (χ4n) is 4.87. The van der Waals surface area contributed by atoms with Gasteiger partial charge in [0, 0.05) is 5.69 Å². The van der Waals surface area contributed by atoms with Gasteiger partial charge in [-0.25, -0.2) is 4.98 Å². The van der Waals surface area contributed by atoms with Gasteiger partial charge in [-0.15, -0.1) is 0 Å². The predicted molar refractivity (Wildman–Crippen MR) is 97.3 cm³/mol. The molecule has 4 aliphatic rings. The van der Waals surface area contributed by atoms with Crippen LogP contribution < -0.4 is 16.2 Å². The maximum Gasteiger partial charge on any atom is 0.262 e. The molecule has 2 N–H and O–H groups in total. The summed E-state index contributed by atoms with van der Waals surface area (Å²) in [7, 11) is 0. The first-order valence-corrected chi connectivity index (χ1v) is 8.84. The summed E-state index contributed by atoms with van der Waals surface area (Å²) >= 11 is 0. The maximum atomic E-state index is 13.1. The second kappa shape index (κ2) is 4.62. The molecule has 1 aromatic heterocycles. The molecule has 7 heteroatoms. The number of para-hydroxylation sites is 2. The highest BCUT2D eigenvalue weighted by molar-refractivity contribution is 6.08. The van der Waals surface area contributed by atoms with Crippen LogP contribution in [-0.2, 0) is 15.0 Å². The number of aromatic nitrogens is 2. The quantitative estimate of drug-likeness (QED) is 0.635. The van der Waals surface area contributed by atoms with E-state index >= 15 is 0 Å². The van der Waals surface area contributed by atoms with E-state index in [0.717, 1.165) is 11.3 Å². The van der Waals surface area contributed by atoms with Crippen LogP contribution in [0.4, 0.5) is 5.69 Å². The third-order valence-electron chi connectivity index (χ3n) is 6.06. The van der Waals surface area contributed by atoms with Crippen LogP contribution in [-0.4, -0.2) is 21.4 Å². The smallest absolute Gasteiger partial charge is 0.262 e. The molecule has 0 aliphatic carbocycles. The number of fused-ring (bicyclic) bond motifs is 3. The van der Waals surface area contributed by atoms with Crippen LogP contribution in [0.1, 0.15) is 29.9 Å². The van der Waals surface area contributed by atoms with E-state index in [-0.39, 0.29) is 23.8 Å². The highest BCUT2D eigenvalue weighted by atomic mass is 16.2. The minimum Gasteiger partial charge on any atom is -0.343 e. The first kappa shape index (κ1) is 14.7. The Kier molecular flexibility index (Phi) is 2.51. The monoisotopic (exact) mass is 358 g/mol. The highest BCUT2D eigenvalue weighted by Crippen LogP contribution is 2.55. The molecule has 1 saturated heterocycles. The molecule has 1 spiro atoms. The zero-order valence-corrected chi connectivity index (χ0v) is 14.1. The van der Waals surface area contributed by atoms with Gasteiger partial charge >= 0.3 is 0 Å². The van der Waals surface area contributed by atoms with Gasteiger partial charge in [-0.2, -0.15) is 0 Å². The fourth-order valence-corrected chi connectivity index (χ4v) is 4.87. The Bertz CT molecular complexity index is 1250. The van der Waals surface area contributed by atoms with Gasteiger partial charge in [-0.05, 0) is 30.2 Å². The van der Waals surface area contributed by atoms with Gasteiger partial charge in [-0.1, -0.05) is 30.3 Å². The predicted octanol–water partition coefficient (Wildman–Crippen LogP) is 1.40. The Morgan fingerprint density at radius 3 is 2.70 bits per heavy atom. The molecule has 132 valence electrons. The van der Waals surface area contributed by atoms with Crippen molar-refractivity contribution in [2.45, 2.75) is 23.9 Å². The zero-order valence-electron chi connectivity index (χ0n) is 14.1. The van der Waals surface area contributed by atoms with Crippen molar-refractivity contribution in [3.63, 3.8) is 0 Å². The molecule has 7 nitrogen and oxygen atoms in total. The summed E-state index contributed by atoms with van der Waals surface area (Å²) in [5.74, 6) is 0.0447. The normalized spacial score (nSPS) is 27.4. The summed E-state index contributed by atoms with van der Waals surface area (Å²) < 4.78 is 1.48. The molecule has 27 heavy (non-hydrogen) atoms. The molecule has 2 aromatic carbocycles. The van der Waals surface area contributed by atoms with Crippen molar-refractivity contribution < 1.29 is 9.59 Å². The summed E-state index contributed by atoms with van der Waals surface area (Å²) in [4.78, 5) is 43.5. The number of piperidine rings is 1. The van der Waals surface area contributed by atoms with Crippen LogP contribution in [0.25, 0.3) is 10.9 Å². The number of hydrogen-bond donors (Lipinski definition) is 2. The third-order valence-corrected chi connectivity index (χ3v) is 6.06. The molecule has 0 saturated carbocycles. The minimum absolute atomic E-state index is 0.160. The molecule has 0 radical (unpaired) electrons. The molecule has 2 bridgehead atoms. The molecule has 4 aliphatic heterocycles. The van der Waals surface area contributed by atoms with Crippen molar-refractivity contribution in [3.8, 4) is 0 Å². The first-order chi connectivity index (χ1) is 13.1. The van der Waals surface area contributed by atoms with Gasteiger partial charge in [0.15, 0.2) is 0 Å². The molecule has 5 heterocycles. The Morgan fingerprint density at radius 2 is 1.81 bits per heavy atom. The number of rotatable bonds is 0. The standard InChI is InChI=1S/C20H14N4O3/c25-17-14-9-20(11-6-2-4-8-13(11)22-19(20)27)15(23-17)16-21-12-7-3-1-5-10(12)18(26)24(14)16/h1-8,14-15H,9H2,(H,22,27)(H,23,25)/t14-,15+,20-/m1/s1. The number of amides is 2. The van der Waals surface area contributed by atoms with E-state index in [1.165, 1.54) is 4.57 Å². The van der Waals surface area contributed by atoms with Crippen LogP contribution in [0.2, 0.25) is 0 Å². The van der Waals surface area contributed by atoms with Gasteiger partial charge in [0.2, 0.25) is 11.8 Å². The second-order valence-corrected chi connectivity index (χ2v) is 7.29. The number of hydrogen-bond acceptors (Lipinski definition) is 4. The van der Waals surface area contributed by atoms with Crippen LogP contribution in [0.5, 0.6) is 0 Å². The molecular formula is C20H14N4O3. The average molecular weight is 358 g/mol. The number of benzene rings is 2. The van der Waals surface area contributed by atoms with Crippen LogP contribution in [0.15, 0.2) is 53.3 Å². The SMILES string of the molecule is O=C1N[C@H]2c3nc4ccccc4c(=O)n3[C@@H]1C[C@]21C(=O)Nc2ccccc21. The lowest BCUT2D eigenvalue weighted by molar-refractivity contribution is -0.136. The largest absolute Gasteiger partial charge is 0.343 e. The van der Waals surface area contributed by atoms with Gasteiger partial charge in [0.25, 0.3) is 5.56 Å². The minimum atomic E-state index is -0.947. The number of nitrogens with one attached hydrogen (secondary N) is 2. The van der Waals surface area contributed by atoms with Gasteiger partial charge in [-0.3, -0.25) is 19.0 Å². The van der Waals surface area contributed by atoms with E-state index in [1.54, 1.807) is 18.2 Å². The lowest BCUT2D eigenvalue weighted by atomic mass is 9.65. The lowest BCUT2D eigenvalue weighted by Crippen LogP contribution is -2.63. The van der Waals surface area contributed by atoms with Crippen molar-refractivity contribution in [3.05, 3.63) is 70.3 Å². The van der Waals surface area contributed by atoms with Crippen LogP contribution in [0, 0.1) is 0 Å². The second-order valence-electron chi connectivity index (χ2n) is 7.29. The van der Waals surface area contributed by atoms with E-state index < -0.39 is 17.5 Å². The van der Waals surface area contributed by atoms with Gasteiger partial charge in [0.05, 0.1) is 10.9 Å². The van der Waals surface area contributed by atoms with Crippen molar-refractivity contribution in [2.24, 2.45) is 0 Å². The molecule has 3 aromatic rings. The van der Waals surface area contributed by atoms with E-state index in [4.69, 9.17) is 0 Å². The molecular weight excluding hydrogens is 344 g/mol. The number of anilines is 1. The third kappa shape index (κ3) is 1.58. The van der Waals surface area contributed by atoms with Gasteiger partial charge in [0.1, 0.15) is 23.3 Å².